The molecule has 3 aromatic heterocycles. The highest BCUT2D eigenvalue weighted by molar-refractivity contribution is 6.35. The van der Waals surface area contributed by atoms with Gasteiger partial charge in [0.15, 0.2) is 0 Å². The lowest BCUT2D eigenvalue weighted by Gasteiger charge is -2.23. The molecule has 0 saturated carbocycles. The Morgan fingerprint density at radius 2 is 0.478 bits per heavy atom. The number of fused-ring (bicyclic) bond motifs is 17. The maximum Gasteiger partial charge on any atom is 0.0888 e. The largest absolute Gasteiger partial charge is 0.309 e. The van der Waals surface area contributed by atoms with Crippen LogP contribution in [0.1, 0.15) is 52.7 Å². The van der Waals surface area contributed by atoms with Crippen molar-refractivity contribution in [2.75, 3.05) is 0 Å². The van der Waals surface area contributed by atoms with Gasteiger partial charge in [-0.15, -0.1) is 0 Å². The molecule has 0 radical (unpaired) electrons. The molecule has 16 rings (SSSR count). The summed E-state index contributed by atoms with van der Waals surface area (Å²) in [6.07, 6.45) is 0. The Morgan fingerprint density at radius 1 is 0.222 bits per heavy atom. The van der Waals surface area contributed by atoms with Gasteiger partial charge in [-0.25, -0.2) is 0 Å². The molecule has 16 aromatic rings. The number of hydrogen-bond donors (Lipinski definition) is 0. The Kier molecular flexibility index (Phi) is 13.1. The number of hydrogen-bond acceptors (Lipinski definition) is 0. The summed E-state index contributed by atoms with van der Waals surface area (Å²) in [5.41, 5.74) is 15.9. The summed E-state index contributed by atoms with van der Waals surface area (Å²) in [5, 5.41) is 16.5. The molecule has 432 valence electrons. The van der Waals surface area contributed by atoms with Gasteiger partial charge < -0.3 is 13.7 Å². The van der Waals surface area contributed by atoms with Crippen LogP contribution in [0.2, 0.25) is 5.02 Å². The molecule has 0 atom stereocenters. The molecule has 0 saturated heterocycles. The lowest BCUT2D eigenvalue weighted by Crippen LogP contribution is -2.10. The molecular weight excluding hydrogens is 1110 g/mol. The van der Waals surface area contributed by atoms with E-state index in [1.807, 2.05) is 0 Å². The molecule has 0 aliphatic heterocycles. The minimum atomic E-state index is -0.0377. The van der Waals surface area contributed by atoms with E-state index in [1.54, 1.807) is 0 Å². The summed E-state index contributed by atoms with van der Waals surface area (Å²) in [6.45, 7) is 13.7. The zero-order valence-corrected chi connectivity index (χ0v) is 52.2. The summed E-state index contributed by atoms with van der Waals surface area (Å²) in [5.74, 6) is 0. The summed E-state index contributed by atoms with van der Waals surface area (Å²) in [7, 11) is 0. The number of halogens is 1. The third-order valence-corrected chi connectivity index (χ3v) is 19.1. The molecule has 0 N–H and O–H groups in total. The van der Waals surface area contributed by atoms with Crippen molar-refractivity contribution < 1.29 is 0 Å². The van der Waals surface area contributed by atoms with Crippen LogP contribution in [-0.4, -0.2) is 13.7 Å². The summed E-state index contributed by atoms with van der Waals surface area (Å²) in [6, 6.07) is 108. The first kappa shape index (κ1) is 54.9. The molecule has 3 nitrogen and oxygen atoms in total. The molecule has 0 amide bonds. The maximum atomic E-state index is 8.86. The van der Waals surface area contributed by atoms with Crippen molar-refractivity contribution in [2.24, 2.45) is 0 Å². The van der Waals surface area contributed by atoms with Gasteiger partial charge in [0.25, 0.3) is 0 Å². The Balaban J connectivity index is 1.15. The normalized spacial score (nSPS) is 12.2. The number of benzene rings is 13. The maximum absolute atomic E-state index is 8.86. The summed E-state index contributed by atoms with van der Waals surface area (Å²) >= 11 is 8.86. The van der Waals surface area contributed by atoms with Crippen molar-refractivity contribution in [2.45, 2.75) is 52.4 Å². The predicted octanol–water partition coefficient (Wildman–Crippen LogP) is 24.4. The van der Waals surface area contributed by atoms with Crippen LogP contribution < -0.4 is 0 Å². The van der Waals surface area contributed by atoms with E-state index in [0.717, 1.165) is 126 Å². The molecule has 0 bridgehead atoms. The predicted molar refractivity (Wildman–Crippen MR) is 388 cm³/mol. The van der Waals surface area contributed by atoms with Crippen molar-refractivity contribution in [3.63, 3.8) is 0 Å². The lowest BCUT2D eigenvalue weighted by atomic mass is 9.85. The van der Waals surface area contributed by atoms with E-state index < -0.39 is 0 Å². The quantitative estimate of drug-likeness (QED) is 0.163. The minimum absolute atomic E-state index is 0.0377. The fourth-order valence-electron chi connectivity index (χ4n) is 14.2. The number of aromatic nitrogens is 3. The molecule has 3 heterocycles. The Bertz CT molecular complexity index is 5430. The average molecular weight is 1180 g/mol. The third-order valence-electron chi connectivity index (χ3n) is 18.7. The lowest BCUT2D eigenvalue weighted by molar-refractivity contribution is 0.590. The monoisotopic (exact) mass is 1180 g/mol. The smallest absolute Gasteiger partial charge is 0.0888 e. The zero-order valence-electron chi connectivity index (χ0n) is 51.4. The van der Waals surface area contributed by atoms with E-state index in [-0.39, 0.29) is 10.8 Å². The fourth-order valence-corrected chi connectivity index (χ4v) is 14.5. The second-order valence-electron chi connectivity index (χ2n) is 26.2. The summed E-state index contributed by atoms with van der Waals surface area (Å²) in [4.78, 5) is 0. The van der Waals surface area contributed by atoms with Crippen molar-refractivity contribution in [1.82, 2.24) is 13.7 Å². The van der Waals surface area contributed by atoms with Gasteiger partial charge in [-0.05, 0) is 148 Å². The molecule has 0 aliphatic rings. The molecular formula is C86H66ClN3. The van der Waals surface area contributed by atoms with Crippen molar-refractivity contribution >= 4 is 120 Å². The first-order valence-electron chi connectivity index (χ1n) is 31.3. The summed E-state index contributed by atoms with van der Waals surface area (Å²) < 4.78 is 7.40. The van der Waals surface area contributed by atoms with Crippen molar-refractivity contribution in [3.8, 4) is 39.3 Å². The third kappa shape index (κ3) is 9.09. The van der Waals surface area contributed by atoms with E-state index in [0.29, 0.717) is 5.02 Å². The second kappa shape index (κ2) is 21.4. The van der Waals surface area contributed by atoms with E-state index in [9.17, 15) is 0 Å². The van der Waals surface area contributed by atoms with Gasteiger partial charge in [-0.2, -0.15) is 0 Å². The van der Waals surface area contributed by atoms with Crippen LogP contribution in [0, 0.1) is 0 Å². The van der Waals surface area contributed by atoms with Crippen LogP contribution in [0.5, 0.6) is 0 Å². The van der Waals surface area contributed by atoms with Crippen molar-refractivity contribution in [3.05, 3.63) is 307 Å². The molecule has 90 heavy (non-hydrogen) atoms. The molecule has 0 aliphatic carbocycles. The Labute approximate surface area is 529 Å². The van der Waals surface area contributed by atoms with Gasteiger partial charge >= 0.3 is 0 Å². The second-order valence-corrected chi connectivity index (χ2v) is 26.6. The highest BCUT2D eigenvalue weighted by atomic mass is 35.5. The SMILES string of the molecule is CC(C)(C)c1cccc(-c2ccc3c(c2)c2ccccc2c2ccccc2c2ccccc2n3-c2cc(-n3c4ccccc4c4ccccc43)cc(-n3c4ccccc4c4ccccc4c4ccccc4c4cc(-c5cccc(C(C)(C)C)c5)ccc43)c2Cl)c1. The van der Waals surface area contributed by atoms with Crippen LogP contribution in [0.15, 0.2) is 291 Å². The molecule has 13 aromatic carbocycles. The van der Waals surface area contributed by atoms with E-state index in [2.05, 4.69) is 346 Å². The number of para-hydroxylation sites is 4. The van der Waals surface area contributed by atoms with Gasteiger partial charge in [0.2, 0.25) is 0 Å². The van der Waals surface area contributed by atoms with Crippen LogP contribution >= 0.6 is 11.6 Å². The van der Waals surface area contributed by atoms with Gasteiger partial charge in [0, 0.05) is 32.3 Å². The highest BCUT2D eigenvalue weighted by Crippen LogP contribution is 2.45. The first-order chi connectivity index (χ1) is 43.9. The van der Waals surface area contributed by atoms with E-state index in [4.69, 9.17) is 11.6 Å². The van der Waals surface area contributed by atoms with Crippen LogP contribution in [0.4, 0.5) is 0 Å². The topological polar surface area (TPSA) is 14.8 Å². The van der Waals surface area contributed by atoms with Crippen LogP contribution in [-0.2, 0) is 10.8 Å². The molecule has 0 fully saturated rings. The van der Waals surface area contributed by atoms with E-state index >= 15 is 0 Å². The molecule has 4 heteroatoms. The highest BCUT2D eigenvalue weighted by Gasteiger charge is 2.24. The molecule has 0 unspecified atom stereocenters. The number of nitrogens with zero attached hydrogens (tertiary/aromatic N) is 3. The zero-order chi connectivity index (χ0) is 61.0. The number of rotatable bonds is 5. The Hall–Kier alpha value is -10.5. The van der Waals surface area contributed by atoms with Gasteiger partial charge in [0.05, 0.1) is 55.2 Å². The van der Waals surface area contributed by atoms with Crippen LogP contribution in [0.3, 0.4) is 0 Å². The average Bonchev–Trinajstić information content (AvgIpc) is 1.43. The first-order valence-corrected chi connectivity index (χ1v) is 31.7. The van der Waals surface area contributed by atoms with Gasteiger partial charge in [-0.1, -0.05) is 284 Å². The van der Waals surface area contributed by atoms with Crippen LogP contribution in [0.25, 0.3) is 148 Å². The fraction of sp³-hybridized carbons (Fsp3) is 0.0930. The van der Waals surface area contributed by atoms with E-state index in [1.165, 1.54) is 33.0 Å². The van der Waals surface area contributed by atoms with Gasteiger partial charge in [0.1, 0.15) is 0 Å². The minimum Gasteiger partial charge on any atom is -0.309 e. The van der Waals surface area contributed by atoms with Crippen molar-refractivity contribution in [1.29, 1.82) is 0 Å². The van der Waals surface area contributed by atoms with Gasteiger partial charge in [-0.3, -0.25) is 0 Å². The molecule has 0 spiro atoms. The standard InChI is InChI=1S/C86H66ClN3/c1-85(2,3)59-27-23-25-55(49-59)57-45-47-80-74(51-57)68-35-13-9-31-64(68)62-29-7-11-33-66(62)70-37-15-21-43-78(70)89(80)82-53-61(88-76-41-19-17-39-72(76)73-40-18-20-42-77(73)88)54-83(84(82)87)90-79-44-22-16-38-71(79)67-34-12-8-30-63(67)65-32-10-14-36-69(65)75-52-58(46-48-81(75)90)56-26-24-28-60(50-56)86(4,5)6/h7-54H,1-6H3. The Morgan fingerprint density at radius 3 is 0.811 bits per heavy atom.